The minimum Gasteiger partial charge on any atom is -0.490 e. The van der Waals surface area contributed by atoms with Crippen LogP contribution in [0.2, 0.25) is 0 Å². The lowest BCUT2D eigenvalue weighted by Crippen LogP contribution is -2.32. The number of hydrogen-bond acceptors (Lipinski definition) is 3. The Kier molecular flexibility index (Phi) is 7.67. The molecule has 1 saturated carbocycles. The van der Waals surface area contributed by atoms with Crippen molar-refractivity contribution in [2.24, 2.45) is 11.8 Å². The minimum absolute atomic E-state index is 0.352. The van der Waals surface area contributed by atoms with Gasteiger partial charge in [-0.3, -0.25) is 4.90 Å². The molecule has 0 N–H and O–H groups in total. The molecule has 1 heterocycles. The predicted octanol–water partition coefficient (Wildman–Crippen LogP) is 6.44. The molecule has 3 nitrogen and oxygen atoms in total. The van der Waals surface area contributed by atoms with Crippen molar-refractivity contribution in [3.8, 4) is 5.75 Å². The highest BCUT2D eigenvalue weighted by Gasteiger charge is 2.22. The number of benzene rings is 2. The highest BCUT2D eigenvalue weighted by molar-refractivity contribution is 5.84. The zero-order valence-corrected chi connectivity index (χ0v) is 18.9. The molecule has 0 atom stereocenters. The van der Waals surface area contributed by atoms with Crippen molar-refractivity contribution in [3.05, 3.63) is 42.0 Å². The normalized spacial score (nSPS) is 23.7. The fourth-order valence-electron chi connectivity index (χ4n) is 4.93. The molecule has 1 aliphatic heterocycles. The third-order valence-corrected chi connectivity index (χ3v) is 6.96. The standard InChI is InChI=1S/C27H39NO2/c1-3-16-29-20-22-5-9-26(10-6-22)30-27-11-8-24-17-23(4-7-25(24)18-27)19-28-14-12-21(2)13-15-28/h4,7-8,11,17-18,21-22,26H,3,5-6,9-10,12-16,19-20H2,1-2H3. The summed E-state index contributed by atoms with van der Waals surface area (Å²) in [6.45, 7) is 9.91. The van der Waals surface area contributed by atoms with Gasteiger partial charge in [-0.15, -0.1) is 0 Å². The average Bonchev–Trinajstić information content (AvgIpc) is 2.77. The van der Waals surface area contributed by atoms with Crippen LogP contribution in [0.4, 0.5) is 0 Å². The van der Waals surface area contributed by atoms with E-state index in [4.69, 9.17) is 9.47 Å². The Balaban J connectivity index is 1.29. The summed E-state index contributed by atoms with van der Waals surface area (Å²) in [7, 11) is 0. The molecule has 0 radical (unpaired) electrons. The minimum atomic E-state index is 0.352. The topological polar surface area (TPSA) is 21.7 Å². The van der Waals surface area contributed by atoms with E-state index in [0.29, 0.717) is 6.10 Å². The number of likely N-dealkylation sites (tertiary alicyclic amines) is 1. The van der Waals surface area contributed by atoms with Crippen LogP contribution in [0.15, 0.2) is 36.4 Å². The Morgan fingerprint density at radius 2 is 1.63 bits per heavy atom. The Labute approximate surface area is 182 Å². The Hall–Kier alpha value is -1.58. The van der Waals surface area contributed by atoms with Gasteiger partial charge >= 0.3 is 0 Å². The van der Waals surface area contributed by atoms with Crippen LogP contribution in [0.1, 0.15) is 64.4 Å². The average molecular weight is 410 g/mol. The van der Waals surface area contributed by atoms with Crippen LogP contribution < -0.4 is 4.74 Å². The number of piperidine rings is 1. The Morgan fingerprint density at radius 1 is 0.900 bits per heavy atom. The summed E-state index contributed by atoms with van der Waals surface area (Å²) in [6.07, 6.45) is 8.87. The Bertz CT molecular complexity index is 789. The van der Waals surface area contributed by atoms with Crippen LogP contribution in [0.5, 0.6) is 5.75 Å². The van der Waals surface area contributed by atoms with E-state index in [0.717, 1.165) is 56.6 Å². The van der Waals surface area contributed by atoms with E-state index in [1.165, 1.54) is 55.1 Å². The zero-order chi connectivity index (χ0) is 20.8. The lowest BCUT2D eigenvalue weighted by atomic mass is 9.88. The van der Waals surface area contributed by atoms with E-state index in [1.54, 1.807) is 0 Å². The van der Waals surface area contributed by atoms with E-state index in [2.05, 4.69) is 55.1 Å². The second-order valence-corrected chi connectivity index (χ2v) is 9.64. The summed E-state index contributed by atoms with van der Waals surface area (Å²) in [4.78, 5) is 2.60. The van der Waals surface area contributed by atoms with E-state index < -0.39 is 0 Å². The summed E-state index contributed by atoms with van der Waals surface area (Å²) in [5.41, 5.74) is 1.43. The molecule has 3 heteroatoms. The van der Waals surface area contributed by atoms with Crippen molar-refractivity contribution in [2.75, 3.05) is 26.3 Å². The van der Waals surface area contributed by atoms with Gasteiger partial charge in [-0.1, -0.05) is 32.0 Å². The lowest BCUT2D eigenvalue weighted by Gasteiger charge is -2.30. The quantitative estimate of drug-likeness (QED) is 0.469. The van der Waals surface area contributed by atoms with Crippen molar-refractivity contribution in [2.45, 2.75) is 71.4 Å². The maximum Gasteiger partial charge on any atom is 0.120 e. The predicted molar refractivity (Wildman–Crippen MR) is 125 cm³/mol. The van der Waals surface area contributed by atoms with Crippen LogP contribution >= 0.6 is 0 Å². The van der Waals surface area contributed by atoms with Crippen LogP contribution in [-0.2, 0) is 11.3 Å². The molecule has 2 aromatic carbocycles. The van der Waals surface area contributed by atoms with Gasteiger partial charge in [-0.05, 0) is 104 Å². The highest BCUT2D eigenvalue weighted by Crippen LogP contribution is 2.30. The molecule has 2 fully saturated rings. The van der Waals surface area contributed by atoms with Crippen molar-refractivity contribution < 1.29 is 9.47 Å². The molecule has 1 aliphatic carbocycles. The lowest BCUT2D eigenvalue weighted by molar-refractivity contribution is 0.0595. The van der Waals surface area contributed by atoms with Crippen molar-refractivity contribution >= 4 is 10.8 Å². The third-order valence-electron chi connectivity index (χ3n) is 6.96. The number of fused-ring (bicyclic) bond motifs is 1. The molecule has 0 aromatic heterocycles. The van der Waals surface area contributed by atoms with Gasteiger partial charge in [0.2, 0.25) is 0 Å². The second kappa shape index (κ2) is 10.6. The SMILES string of the molecule is CCCOCC1CCC(Oc2ccc3cc(CN4CCC(C)CC4)ccc3c2)CC1. The molecule has 164 valence electrons. The molecule has 2 aliphatic rings. The van der Waals surface area contributed by atoms with Crippen LogP contribution in [0, 0.1) is 11.8 Å². The molecule has 0 spiro atoms. The van der Waals surface area contributed by atoms with E-state index in [1.807, 2.05) is 0 Å². The van der Waals surface area contributed by atoms with E-state index in [-0.39, 0.29) is 0 Å². The van der Waals surface area contributed by atoms with Gasteiger partial charge in [-0.2, -0.15) is 0 Å². The molecule has 4 rings (SSSR count). The smallest absolute Gasteiger partial charge is 0.120 e. The van der Waals surface area contributed by atoms with Crippen molar-refractivity contribution in [1.29, 1.82) is 0 Å². The van der Waals surface area contributed by atoms with Crippen molar-refractivity contribution in [1.82, 2.24) is 4.90 Å². The zero-order valence-electron chi connectivity index (χ0n) is 18.9. The number of nitrogens with zero attached hydrogens (tertiary/aromatic N) is 1. The summed E-state index contributed by atoms with van der Waals surface area (Å²) in [5, 5.41) is 2.60. The number of rotatable bonds is 8. The van der Waals surface area contributed by atoms with Gasteiger partial charge < -0.3 is 9.47 Å². The van der Waals surface area contributed by atoms with Crippen molar-refractivity contribution in [3.63, 3.8) is 0 Å². The summed E-state index contributed by atoms with van der Waals surface area (Å²) in [6, 6.07) is 13.5. The monoisotopic (exact) mass is 409 g/mol. The molecular formula is C27H39NO2. The summed E-state index contributed by atoms with van der Waals surface area (Å²) >= 11 is 0. The largest absolute Gasteiger partial charge is 0.490 e. The van der Waals surface area contributed by atoms with Crippen LogP contribution in [-0.4, -0.2) is 37.3 Å². The van der Waals surface area contributed by atoms with Crippen LogP contribution in [0.25, 0.3) is 10.8 Å². The third kappa shape index (κ3) is 5.98. The van der Waals surface area contributed by atoms with E-state index in [9.17, 15) is 0 Å². The van der Waals surface area contributed by atoms with Gasteiger partial charge in [0.05, 0.1) is 6.10 Å². The van der Waals surface area contributed by atoms with Gasteiger partial charge in [0.15, 0.2) is 0 Å². The summed E-state index contributed by atoms with van der Waals surface area (Å²) < 4.78 is 12.1. The first-order chi connectivity index (χ1) is 14.7. The fraction of sp³-hybridized carbons (Fsp3) is 0.630. The molecule has 30 heavy (non-hydrogen) atoms. The van der Waals surface area contributed by atoms with Gasteiger partial charge in [-0.25, -0.2) is 0 Å². The first-order valence-corrected chi connectivity index (χ1v) is 12.2. The van der Waals surface area contributed by atoms with Crippen LogP contribution in [0.3, 0.4) is 0 Å². The highest BCUT2D eigenvalue weighted by atomic mass is 16.5. The fourth-order valence-corrected chi connectivity index (χ4v) is 4.93. The maximum absolute atomic E-state index is 6.35. The number of hydrogen-bond donors (Lipinski definition) is 0. The first kappa shape index (κ1) is 21.6. The summed E-state index contributed by atoms with van der Waals surface area (Å²) in [5.74, 6) is 2.63. The molecule has 0 amide bonds. The molecule has 1 saturated heterocycles. The number of ether oxygens (including phenoxy) is 2. The second-order valence-electron chi connectivity index (χ2n) is 9.64. The van der Waals surface area contributed by atoms with Gasteiger partial charge in [0.1, 0.15) is 5.75 Å². The molecule has 0 bridgehead atoms. The van der Waals surface area contributed by atoms with Gasteiger partial charge in [0, 0.05) is 19.8 Å². The maximum atomic E-state index is 6.35. The molecule has 2 aromatic rings. The first-order valence-electron chi connectivity index (χ1n) is 12.2. The van der Waals surface area contributed by atoms with E-state index >= 15 is 0 Å². The molecule has 0 unspecified atom stereocenters. The Morgan fingerprint density at radius 3 is 2.40 bits per heavy atom. The van der Waals surface area contributed by atoms with Gasteiger partial charge in [0.25, 0.3) is 0 Å². The molecular weight excluding hydrogens is 370 g/mol.